The molecule has 1 atom stereocenters. The summed E-state index contributed by atoms with van der Waals surface area (Å²) in [5.41, 5.74) is 0. The van der Waals surface area contributed by atoms with E-state index < -0.39 is 30.9 Å². The van der Waals surface area contributed by atoms with Crippen molar-refractivity contribution < 1.29 is 32.6 Å². The van der Waals surface area contributed by atoms with Gasteiger partial charge < -0.3 is 15.2 Å². The molecule has 5 nitrogen and oxygen atoms in total. The topological polar surface area (TPSA) is 75.6 Å². The van der Waals surface area contributed by atoms with E-state index in [-0.39, 0.29) is 5.92 Å². The van der Waals surface area contributed by atoms with Gasteiger partial charge >= 0.3 is 18.2 Å². The van der Waals surface area contributed by atoms with Gasteiger partial charge in [-0.2, -0.15) is 13.2 Å². The van der Waals surface area contributed by atoms with E-state index in [1.54, 1.807) is 0 Å². The van der Waals surface area contributed by atoms with Gasteiger partial charge in [0, 0.05) is 0 Å². The number of carbonyl (C=O) groups excluding carboxylic acids is 1. The second kappa shape index (κ2) is 6.63. The second-order valence-corrected chi connectivity index (χ2v) is 4.55. The van der Waals surface area contributed by atoms with E-state index >= 15 is 0 Å². The van der Waals surface area contributed by atoms with Crippen LogP contribution in [-0.4, -0.2) is 36.0 Å². The molecule has 2 N–H and O–H groups in total. The van der Waals surface area contributed by atoms with Crippen molar-refractivity contribution in [1.29, 1.82) is 0 Å². The van der Waals surface area contributed by atoms with Gasteiger partial charge in [0.25, 0.3) is 0 Å². The Morgan fingerprint density at radius 3 is 2.32 bits per heavy atom. The molecule has 19 heavy (non-hydrogen) atoms. The van der Waals surface area contributed by atoms with Crippen molar-refractivity contribution >= 4 is 12.1 Å². The monoisotopic (exact) mass is 283 g/mol. The van der Waals surface area contributed by atoms with Crippen LogP contribution in [-0.2, 0) is 9.53 Å². The quantitative estimate of drug-likeness (QED) is 0.830. The molecule has 0 radical (unpaired) electrons. The van der Waals surface area contributed by atoms with Crippen LogP contribution in [0.15, 0.2) is 0 Å². The zero-order valence-electron chi connectivity index (χ0n) is 10.2. The van der Waals surface area contributed by atoms with Crippen molar-refractivity contribution in [1.82, 2.24) is 5.32 Å². The molecule has 1 aliphatic rings. The molecule has 110 valence electrons. The van der Waals surface area contributed by atoms with Gasteiger partial charge in [0.15, 0.2) is 6.61 Å². The molecular weight excluding hydrogens is 267 g/mol. The van der Waals surface area contributed by atoms with Crippen molar-refractivity contribution in [2.24, 2.45) is 5.92 Å². The predicted molar refractivity (Wildman–Crippen MR) is 58.5 cm³/mol. The van der Waals surface area contributed by atoms with Crippen molar-refractivity contribution in [2.45, 2.75) is 44.3 Å². The number of hydrogen-bond donors (Lipinski definition) is 2. The minimum atomic E-state index is -4.62. The van der Waals surface area contributed by atoms with Gasteiger partial charge in [0.05, 0.1) is 0 Å². The zero-order chi connectivity index (χ0) is 14.5. The molecule has 0 saturated heterocycles. The first-order valence-corrected chi connectivity index (χ1v) is 6.02. The highest BCUT2D eigenvalue weighted by molar-refractivity contribution is 5.80. The van der Waals surface area contributed by atoms with Crippen LogP contribution in [0.3, 0.4) is 0 Å². The molecule has 1 aliphatic carbocycles. The number of nitrogens with one attached hydrogen (secondary N) is 1. The van der Waals surface area contributed by atoms with E-state index in [0.29, 0.717) is 12.8 Å². The Kier molecular flexibility index (Phi) is 5.44. The lowest BCUT2D eigenvalue weighted by Crippen LogP contribution is -2.47. The minimum absolute atomic E-state index is 0.260. The molecular formula is C11H16F3NO4. The third kappa shape index (κ3) is 5.80. The molecule has 1 rings (SSSR count). The van der Waals surface area contributed by atoms with Gasteiger partial charge in [0.1, 0.15) is 6.04 Å². The van der Waals surface area contributed by atoms with E-state index in [4.69, 9.17) is 5.11 Å². The smallest absolute Gasteiger partial charge is 0.422 e. The lowest BCUT2D eigenvalue weighted by atomic mass is 9.84. The van der Waals surface area contributed by atoms with Crippen LogP contribution in [0.5, 0.6) is 0 Å². The van der Waals surface area contributed by atoms with Gasteiger partial charge in [-0.3, -0.25) is 0 Å². The van der Waals surface area contributed by atoms with Crippen LogP contribution < -0.4 is 5.32 Å². The number of alkyl halides is 3. The number of hydrogen-bond acceptors (Lipinski definition) is 3. The van der Waals surface area contributed by atoms with E-state index in [0.717, 1.165) is 19.3 Å². The highest BCUT2D eigenvalue weighted by atomic mass is 19.4. The van der Waals surface area contributed by atoms with E-state index in [9.17, 15) is 22.8 Å². The molecule has 8 heteroatoms. The van der Waals surface area contributed by atoms with Gasteiger partial charge in [0.2, 0.25) is 0 Å². The van der Waals surface area contributed by atoms with Crippen LogP contribution in [0.25, 0.3) is 0 Å². The minimum Gasteiger partial charge on any atom is -0.480 e. The van der Waals surface area contributed by atoms with Crippen molar-refractivity contribution in [3.63, 3.8) is 0 Å². The molecule has 1 amide bonds. The van der Waals surface area contributed by atoms with Crippen LogP contribution in [0, 0.1) is 5.92 Å². The SMILES string of the molecule is O=C(NC(C(=O)O)C1CCCCC1)OCC(F)(F)F. The number of carbonyl (C=O) groups is 2. The zero-order valence-corrected chi connectivity index (χ0v) is 10.2. The first kappa shape index (κ1) is 15.6. The van der Waals surface area contributed by atoms with E-state index in [1.165, 1.54) is 0 Å². The summed E-state index contributed by atoms with van der Waals surface area (Å²) in [6.07, 6.45) is -1.99. The molecule has 1 fully saturated rings. The molecule has 0 aliphatic heterocycles. The molecule has 0 spiro atoms. The Hall–Kier alpha value is -1.47. The summed E-state index contributed by atoms with van der Waals surface area (Å²) in [7, 11) is 0. The summed E-state index contributed by atoms with van der Waals surface area (Å²) >= 11 is 0. The molecule has 1 saturated carbocycles. The lowest BCUT2D eigenvalue weighted by Gasteiger charge is -2.27. The number of halogens is 3. The number of ether oxygens (including phenoxy) is 1. The average Bonchev–Trinajstić information content (AvgIpc) is 2.33. The normalized spacial score (nSPS) is 18.7. The predicted octanol–water partition coefficient (Wildman–Crippen LogP) is 2.31. The second-order valence-electron chi connectivity index (χ2n) is 4.55. The van der Waals surface area contributed by atoms with E-state index in [2.05, 4.69) is 4.74 Å². The standard InChI is InChI=1S/C11H16F3NO4/c12-11(13,14)6-19-10(18)15-8(9(16)17)7-4-2-1-3-5-7/h7-8H,1-6H2,(H,15,18)(H,16,17). The average molecular weight is 283 g/mol. The molecule has 0 aromatic carbocycles. The molecule has 0 aromatic rings. The van der Waals surface area contributed by atoms with Crippen LogP contribution in [0.4, 0.5) is 18.0 Å². The molecule has 0 aromatic heterocycles. The van der Waals surface area contributed by atoms with Gasteiger partial charge in [-0.25, -0.2) is 9.59 Å². The van der Waals surface area contributed by atoms with Crippen LogP contribution in [0.1, 0.15) is 32.1 Å². The maximum atomic E-state index is 11.8. The summed E-state index contributed by atoms with van der Waals surface area (Å²) in [6.45, 7) is -1.73. The summed E-state index contributed by atoms with van der Waals surface area (Å²) in [6, 6.07) is -1.19. The van der Waals surface area contributed by atoms with Crippen molar-refractivity contribution in [3.05, 3.63) is 0 Å². The Morgan fingerprint density at radius 1 is 1.26 bits per heavy atom. The summed E-state index contributed by atoms with van der Waals surface area (Å²) < 4.78 is 39.5. The fraction of sp³-hybridized carbons (Fsp3) is 0.818. The van der Waals surface area contributed by atoms with Crippen LogP contribution >= 0.6 is 0 Å². The summed E-state index contributed by atoms with van der Waals surface area (Å²) in [4.78, 5) is 22.2. The van der Waals surface area contributed by atoms with Gasteiger partial charge in [-0.15, -0.1) is 0 Å². The molecule has 1 unspecified atom stereocenters. The highest BCUT2D eigenvalue weighted by Crippen LogP contribution is 2.26. The third-order valence-corrected chi connectivity index (χ3v) is 3.03. The number of rotatable bonds is 4. The van der Waals surface area contributed by atoms with Gasteiger partial charge in [-0.1, -0.05) is 19.3 Å². The number of carboxylic acids is 1. The maximum Gasteiger partial charge on any atom is 0.422 e. The number of amides is 1. The summed E-state index contributed by atoms with van der Waals surface area (Å²) in [5, 5.41) is 11.0. The highest BCUT2D eigenvalue weighted by Gasteiger charge is 2.33. The number of carboxylic acid groups (broad SMARTS) is 1. The van der Waals surface area contributed by atoms with Crippen molar-refractivity contribution in [3.8, 4) is 0 Å². The van der Waals surface area contributed by atoms with Gasteiger partial charge in [-0.05, 0) is 18.8 Å². The Morgan fingerprint density at radius 2 is 1.84 bits per heavy atom. The number of aliphatic carboxylic acids is 1. The maximum absolute atomic E-state index is 11.8. The Balaban J connectivity index is 2.48. The number of alkyl carbamates (subject to hydrolysis) is 1. The first-order chi connectivity index (χ1) is 8.79. The molecule has 0 bridgehead atoms. The largest absolute Gasteiger partial charge is 0.480 e. The molecule has 0 heterocycles. The fourth-order valence-electron chi connectivity index (χ4n) is 2.16. The Labute approximate surface area is 108 Å². The Bertz CT molecular complexity index is 326. The summed E-state index contributed by atoms with van der Waals surface area (Å²) in [5.74, 6) is -1.51. The lowest BCUT2D eigenvalue weighted by molar-refractivity contribution is -0.160. The van der Waals surface area contributed by atoms with Crippen LogP contribution in [0.2, 0.25) is 0 Å². The fourth-order valence-corrected chi connectivity index (χ4v) is 2.16. The third-order valence-electron chi connectivity index (χ3n) is 3.03. The van der Waals surface area contributed by atoms with E-state index in [1.807, 2.05) is 5.32 Å². The van der Waals surface area contributed by atoms with Crippen molar-refractivity contribution in [2.75, 3.05) is 6.61 Å². The first-order valence-electron chi connectivity index (χ1n) is 6.02.